The number of benzene rings is 1. The first-order valence-electron chi connectivity index (χ1n) is 7.89. The molecule has 0 bridgehead atoms. The molecule has 0 radical (unpaired) electrons. The fraction of sp³-hybridized carbons (Fsp3) is 0.316. The van der Waals surface area contributed by atoms with E-state index >= 15 is 0 Å². The molecular formula is C19H21N3O2. The second-order valence-electron chi connectivity index (χ2n) is 6.26. The minimum Gasteiger partial charge on any atom is -0.422 e. The van der Waals surface area contributed by atoms with E-state index in [1.807, 2.05) is 53.8 Å². The minimum absolute atomic E-state index is 0.376. The van der Waals surface area contributed by atoms with Crippen LogP contribution in [0.1, 0.15) is 38.4 Å². The van der Waals surface area contributed by atoms with Crippen LogP contribution in [0.3, 0.4) is 0 Å². The molecule has 124 valence electrons. The van der Waals surface area contributed by atoms with E-state index in [-0.39, 0.29) is 5.97 Å². The number of hydrogen-bond donors (Lipinski definition) is 0. The highest BCUT2D eigenvalue weighted by molar-refractivity contribution is 6.04. The number of fused-ring (bicyclic) bond motifs is 1. The molecule has 3 aromatic rings. The summed E-state index contributed by atoms with van der Waals surface area (Å²) >= 11 is 0. The van der Waals surface area contributed by atoms with Crippen LogP contribution in [-0.4, -0.2) is 20.7 Å². The zero-order valence-electron chi connectivity index (χ0n) is 14.9. The highest BCUT2D eigenvalue weighted by Gasteiger charge is 2.20. The number of rotatable bonds is 2. The Bertz CT molecular complexity index is 971. The number of ether oxygens (including phenoxy) is 1. The Morgan fingerprint density at radius 3 is 2.46 bits per heavy atom. The van der Waals surface area contributed by atoms with Crippen LogP contribution in [0.5, 0.6) is 5.75 Å². The van der Waals surface area contributed by atoms with E-state index in [1.54, 1.807) is 10.7 Å². The van der Waals surface area contributed by atoms with Gasteiger partial charge in [-0.15, -0.1) is 0 Å². The second-order valence-corrected chi connectivity index (χ2v) is 6.26. The van der Waals surface area contributed by atoms with Crippen molar-refractivity contribution in [3.8, 4) is 5.75 Å². The molecule has 0 aliphatic heterocycles. The fourth-order valence-electron chi connectivity index (χ4n) is 2.96. The molecule has 24 heavy (non-hydrogen) atoms. The van der Waals surface area contributed by atoms with Crippen LogP contribution in [-0.2, 0) is 7.05 Å². The van der Waals surface area contributed by atoms with Crippen LogP contribution in [0.25, 0.3) is 11.0 Å². The molecule has 0 unspecified atom stereocenters. The lowest BCUT2D eigenvalue weighted by molar-refractivity contribution is 0.0734. The molecule has 0 saturated carbocycles. The average molecular weight is 323 g/mol. The van der Waals surface area contributed by atoms with Gasteiger partial charge in [0.05, 0.1) is 16.6 Å². The Hall–Kier alpha value is -2.69. The first kappa shape index (κ1) is 16.2. The lowest BCUT2D eigenvalue weighted by Crippen LogP contribution is -2.12. The largest absolute Gasteiger partial charge is 0.422 e. The summed E-state index contributed by atoms with van der Waals surface area (Å²) in [6, 6.07) is 5.76. The van der Waals surface area contributed by atoms with Crippen LogP contribution < -0.4 is 4.74 Å². The van der Waals surface area contributed by atoms with E-state index in [2.05, 4.69) is 10.1 Å². The quantitative estimate of drug-likeness (QED) is 0.532. The summed E-state index contributed by atoms with van der Waals surface area (Å²) in [5.41, 5.74) is 5.74. The number of nitrogens with zero attached hydrogens (tertiary/aromatic N) is 3. The van der Waals surface area contributed by atoms with Crippen molar-refractivity contribution in [3.63, 3.8) is 0 Å². The van der Waals surface area contributed by atoms with Gasteiger partial charge in [-0.2, -0.15) is 5.10 Å². The van der Waals surface area contributed by atoms with Crippen LogP contribution in [0.2, 0.25) is 0 Å². The molecule has 0 atom stereocenters. The number of hydrogen-bond acceptors (Lipinski definition) is 4. The Balaban J connectivity index is 2.12. The van der Waals surface area contributed by atoms with E-state index < -0.39 is 0 Å². The van der Waals surface area contributed by atoms with Gasteiger partial charge in [0.25, 0.3) is 0 Å². The Morgan fingerprint density at radius 1 is 1.08 bits per heavy atom. The normalized spacial score (nSPS) is 11.1. The van der Waals surface area contributed by atoms with Crippen molar-refractivity contribution in [3.05, 3.63) is 51.8 Å². The van der Waals surface area contributed by atoms with Gasteiger partial charge in [0.15, 0.2) is 5.65 Å². The Morgan fingerprint density at radius 2 is 1.75 bits per heavy atom. The lowest BCUT2D eigenvalue weighted by atomic mass is 10.1. The first-order valence-corrected chi connectivity index (χ1v) is 7.89. The van der Waals surface area contributed by atoms with Crippen LogP contribution >= 0.6 is 0 Å². The summed E-state index contributed by atoms with van der Waals surface area (Å²) < 4.78 is 7.46. The molecule has 3 rings (SSSR count). The predicted molar refractivity (Wildman–Crippen MR) is 93.6 cm³/mol. The molecule has 0 amide bonds. The van der Waals surface area contributed by atoms with Crippen molar-refractivity contribution in [2.45, 2.75) is 34.6 Å². The maximum atomic E-state index is 12.9. The van der Waals surface area contributed by atoms with Gasteiger partial charge in [-0.05, 0) is 57.4 Å². The van der Waals surface area contributed by atoms with Gasteiger partial charge < -0.3 is 4.74 Å². The van der Waals surface area contributed by atoms with Gasteiger partial charge in [0.2, 0.25) is 0 Å². The third-order valence-electron chi connectivity index (χ3n) is 4.39. The van der Waals surface area contributed by atoms with E-state index in [4.69, 9.17) is 4.74 Å². The molecule has 0 saturated heterocycles. The van der Waals surface area contributed by atoms with Gasteiger partial charge in [-0.25, -0.2) is 9.78 Å². The molecule has 0 spiro atoms. The highest BCUT2D eigenvalue weighted by Crippen LogP contribution is 2.28. The molecule has 5 heteroatoms. The van der Waals surface area contributed by atoms with Crippen LogP contribution in [0.4, 0.5) is 0 Å². The van der Waals surface area contributed by atoms with E-state index in [1.165, 1.54) is 0 Å². The number of carbonyl (C=O) groups is 1. The van der Waals surface area contributed by atoms with Gasteiger partial charge in [0, 0.05) is 12.7 Å². The number of aromatic nitrogens is 3. The fourth-order valence-corrected chi connectivity index (χ4v) is 2.96. The van der Waals surface area contributed by atoms with Gasteiger partial charge in [0.1, 0.15) is 5.75 Å². The van der Waals surface area contributed by atoms with Gasteiger partial charge in [-0.1, -0.05) is 12.1 Å². The number of aryl methyl sites for hydroxylation is 5. The lowest BCUT2D eigenvalue weighted by Gasteiger charge is -2.13. The number of pyridine rings is 1. The molecule has 2 aromatic heterocycles. The minimum atomic E-state index is -0.376. The summed E-state index contributed by atoms with van der Waals surface area (Å²) in [5, 5.41) is 5.12. The van der Waals surface area contributed by atoms with Crippen molar-refractivity contribution in [1.29, 1.82) is 0 Å². The van der Waals surface area contributed by atoms with Crippen LogP contribution in [0.15, 0.2) is 18.2 Å². The van der Waals surface area contributed by atoms with Gasteiger partial charge >= 0.3 is 5.97 Å². The van der Waals surface area contributed by atoms with Crippen molar-refractivity contribution in [2.24, 2.45) is 7.05 Å². The molecule has 0 aliphatic carbocycles. The maximum Gasteiger partial charge on any atom is 0.344 e. The Labute approximate surface area is 141 Å². The van der Waals surface area contributed by atoms with Gasteiger partial charge in [-0.3, -0.25) is 4.68 Å². The number of carbonyl (C=O) groups excluding carboxylic acids is 1. The molecule has 2 heterocycles. The number of esters is 1. The summed E-state index contributed by atoms with van der Waals surface area (Å²) in [6.07, 6.45) is 0. The average Bonchev–Trinajstić information content (AvgIpc) is 2.81. The van der Waals surface area contributed by atoms with E-state index in [0.29, 0.717) is 17.0 Å². The summed E-state index contributed by atoms with van der Waals surface area (Å²) in [7, 11) is 1.83. The third kappa shape index (κ3) is 2.56. The topological polar surface area (TPSA) is 57.0 Å². The zero-order chi connectivity index (χ0) is 17.6. The monoisotopic (exact) mass is 323 g/mol. The molecule has 0 fully saturated rings. The smallest absolute Gasteiger partial charge is 0.344 e. The molecular weight excluding hydrogens is 302 g/mol. The van der Waals surface area contributed by atoms with Crippen molar-refractivity contribution >= 4 is 17.0 Å². The Kier molecular flexibility index (Phi) is 3.87. The van der Waals surface area contributed by atoms with Crippen molar-refractivity contribution in [1.82, 2.24) is 14.8 Å². The second kappa shape index (κ2) is 5.74. The summed E-state index contributed by atoms with van der Waals surface area (Å²) in [5.74, 6) is 0.252. The first-order chi connectivity index (χ1) is 11.3. The molecule has 1 aromatic carbocycles. The standard InChI is InChI=1S/C19H21N3O2/c1-10-7-8-11(2)17(13(10)4)24-19(23)15-9-12(3)20-18-16(15)14(5)21-22(18)6/h7-9H,1-6H3. The molecule has 0 N–H and O–H groups in total. The molecule has 5 nitrogen and oxygen atoms in total. The summed E-state index contributed by atoms with van der Waals surface area (Å²) in [4.78, 5) is 17.4. The summed E-state index contributed by atoms with van der Waals surface area (Å²) in [6.45, 7) is 9.65. The van der Waals surface area contributed by atoms with Crippen molar-refractivity contribution < 1.29 is 9.53 Å². The highest BCUT2D eigenvalue weighted by atomic mass is 16.5. The van der Waals surface area contributed by atoms with E-state index in [9.17, 15) is 4.79 Å². The van der Waals surface area contributed by atoms with Crippen LogP contribution in [0, 0.1) is 34.6 Å². The molecule has 0 aliphatic rings. The van der Waals surface area contributed by atoms with Crippen molar-refractivity contribution in [2.75, 3.05) is 0 Å². The SMILES string of the molecule is Cc1cc(C(=O)Oc2c(C)ccc(C)c2C)c2c(C)nn(C)c2n1. The van der Waals surface area contributed by atoms with E-state index in [0.717, 1.165) is 33.5 Å². The zero-order valence-corrected chi connectivity index (χ0v) is 14.9. The predicted octanol–water partition coefficient (Wildman–Crippen LogP) is 3.73. The third-order valence-corrected chi connectivity index (χ3v) is 4.39. The maximum absolute atomic E-state index is 12.9.